The first-order chi connectivity index (χ1) is 17.4. The zero-order chi connectivity index (χ0) is 25.0. The van der Waals surface area contributed by atoms with Crippen molar-refractivity contribution < 1.29 is 0 Å². The number of hydrogen-bond acceptors (Lipinski definition) is 1. The molecule has 0 bridgehead atoms. The van der Waals surface area contributed by atoms with Gasteiger partial charge in [-0.25, -0.2) is 0 Å². The molecule has 0 fully saturated rings. The average Bonchev–Trinajstić information content (AvgIpc) is 3.39. The van der Waals surface area contributed by atoms with Gasteiger partial charge in [0.2, 0.25) is 0 Å². The number of benzene rings is 3. The third-order valence-electron chi connectivity index (χ3n) is 7.19. The summed E-state index contributed by atoms with van der Waals surface area (Å²) >= 11 is 0. The Morgan fingerprint density at radius 1 is 0.833 bits per heavy atom. The van der Waals surface area contributed by atoms with Crippen molar-refractivity contribution >= 4 is 43.7 Å². The molecular formula is C34H30N2. The van der Waals surface area contributed by atoms with E-state index in [1.807, 2.05) is 37.4 Å². The number of allylic oxidation sites excluding steroid dienone is 5. The molecule has 0 unspecified atom stereocenters. The zero-order valence-corrected chi connectivity index (χ0v) is 21.3. The first-order valence-electron chi connectivity index (χ1n) is 12.5. The second-order valence-electron chi connectivity index (χ2n) is 10.6. The van der Waals surface area contributed by atoms with Gasteiger partial charge < -0.3 is 4.40 Å². The second kappa shape index (κ2) is 8.20. The standard InChI is InChI=1S/C34H30N2/c1-6-7-8-11-22(2)24-14-16-30(35-21-24)23-15-17-32-27(18-23)29-20-25(34(3,4)5)19-28-26-12-9-10-13-31(26)36(32)33(28)29/h6-21H,2H2,1,3-5H3/b7-6-,11-8-. The lowest BCUT2D eigenvalue weighted by atomic mass is 9.85. The molecule has 0 radical (unpaired) electrons. The van der Waals surface area contributed by atoms with Crippen molar-refractivity contribution in [2.24, 2.45) is 0 Å². The summed E-state index contributed by atoms with van der Waals surface area (Å²) in [6, 6.07) is 24.5. The highest BCUT2D eigenvalue weighted by molar-refractivity contribution is 6.23. The lowest BCUT2D eigenvalue weighted by Gasteiger charge is -2.19. The third kappa shape index (κ3) is 3.45. The predicted octanol–water partition coefficient (Wildman–Crippen LogP) is 9.34. The molecule has 3 aromatic carbocycles. The third-order valence-corrected chi connectivity index (χ3v) is 7.19. The van der Waals surface area contributed by atoms with Gasteiger partial charge in [0.15, 0.2) is 0 Å². The highest BCUT2D eigenvalue weighted by atomic mass is 14.9. The van der Waals surface area contributed by atoms with E-state index in [0.29, 0.717) is 0 Å². The topological polar surface area (TPSA) is 17.3 Å². The van der Waals surface area contributed by atoms with Crippen molar-refractivity contribution in [1.29, 1.82) is 0 Å². The molecule has 0 amide bonds. The van der Waals surface area contributed by atoms with E-state index in [1.165, 1.54) is 43.7 Å². The molecular weight excluding hydrogens is 436 g/mol. The molecule has 3 aromatic heterocycles. The molecule has 176 valence electrons. The van der Waals surface area contributed by atoms with E-state index in [9.17, 15) is 0 Å². The summed E-state index contributed by atoms with van der Waals surface area (Å²) < 4.78 is 2.43. The number of hydrogen-bond donors (Lipinski definition) is 0. The average molecular weight is 467 g/mol. The Balaban J connectivity index is 1.54. The molecule has 0 aliphatic rings. The minimum absolute atomic E-state index is 0.0649. The van der Waals surface area contributed by atoms with Gasteiger partial charge in [0.1, 0.15) is 0 Å². The fraction of sp³-hybridized carbons (Fsp3) is 0.147. The first kappa shape index (κ1) is 22.3. The maximum atomic E-state index is 4.80. The first-order valence-corrected chi connectivity index (χ1v) is 12.5. The van der Waals surface area contributed by atoms with Crippen molar-refractivity contribution in [2.45, 2.75) is 33.1 Å². The van der Waals surface area contributed by atoms with Crippen LogP contribution in [-0.4, -0.2) is 9.38 Å². The van der Waals surface area contributed by atoms with Gasteiger partial charge in [-0.3, -0.25) is 4.98 Å². The molecule has 36 heavy (non-hydrogen) atoms. The summed E-state index contributed by atoms with van der Waals surface area (Å²) in [4.78, 5) is 4.80. The van der Waals surface area contributed by atoms with Crippen LogP contribution in [0.3, 0.4) is 0 Å². The van der Waals surface area contributed by atoms with Crippen LogP contribution in [-0.2, 0) is 5.41 Å². The Morgan fingerprint density at radius 2 is 1.58 bits per heavy atom. The van der Waals surface area contributed by atoms with Gasteiger partial charge in [0.25, 0.3) is 0 Å². The summed E-state index contributed by atoms with van der Waals surface area (Å²) in [7, 11) is 0. The summed E-state index contributed by atoms with van der Waals surface area (Å²) in [5.74, 6) is 0. The van der Waals surface area contributed by atoms with E-state index >= 15 is 0 Å². The van der Waals surface area contributed by atoms with E-state index in [0.717, 1.165) is 22.4 Å². The molecule has 0 N–H and O–H groups in total. The van der Waals surface area contributed by atoms with Crippen LogP contribution in [0.4, 0.5) is 0 Å². The number of para-hydroxylation sites is 1. The number of pyridine rings is 1. The summed E-state index contributed by atoms with van der Waals surface area (Å²) in [5, 5.41) is 5.23. The van der Waals surface area contributed by atoms with Gasteiger partial charge in [-0.1, -0.05) is 82.0 Å². The van der Waals surface area contributed by atoms with Crippen molar-refractivity contribution in [3.63, 3.8) is 0 Å². The maximum absolute atomic E-state index is 4.80. The van der Waals surface area contributed by atoms with Crippen LogP contribution in [0.15, 0.2) is 104 Å². The van der Waals surface area contributed by atoms with Crippen LogP contribution in [0.2, 0.25) is 0 Å². The Bertz CT molecular complexity index is 1820. The maximum Gasteiger partial charge on any atom is 0.0702 e. The molecule has 0 saturated carbocycles. The molecule has 0 atom stereocenters. The Kier molecular flexibility index (Phi) is 5.08. The highest BCUT2D eigenvalue weighted by Crippen LogP contribution is 2.42. The van der Waals surface area contributed by atoms with Gasteiger partial charge in [-0.05, 0) is 65.4 Å². The van der Waals surface area contributed by atoms with Crippen molar-refractivity contribution in [3.05, 3.63) is 115 Å². The summed E-state index contributed by atoms with van der Waals surface area (Å²) in [6.07, 6.45) is 9.94. The van der Waals surface area contributed by atoms with Crippen LogP contribution in [0.5, 0.6) is 0 Å². The zero-order valence-electron chi connectivity index (χ0n) is 21.3. The highest BCUT2D eigenvalue weighted by Gasteiger charge is 2.22. The van der Waals surface area contributed by atoms with Gasteiger partial charge in [-0.15, -0.1) is 0 Å². The van der Waals surface area contributed by atoms with Crippen molar-refractivity contribution in [1.82, 2.24) is 9.38 Å². The SMILES string of the molecule is C=C(/C=C\C=C/C)c1ccc(-c2ccc3c(c2)c2cc(C(C)(C)C)cc4c5ccccc5n3c42)nc1. The summed E-state index contributed by atoms with van der Waals surface area (Å²) in [5.41, 5.74) is 9.31. The van der Waals surface area contributed by atoms with E-state index < -0.39 is 0 Å². The predicted molar refractivity (Wildman–Crippen MR) is 156 cm³/mol. The Labute approximate surface area is 212 Å². The minimum Gasteiger partial charge on any atom is -0.308 e. The van der Waals surface area contributed by atoms with Crippen molar-refractivity contribution in [2.75, 3.05) is 0 Å². The number of nitrogens with zero attached hydrogens (tertiary/aromatic N) is 2. The van der Waals surface area contributed by atoms with E-state index in [2.05, 4.69) is 98.5 Å². The molecule has 2 heteroatoms. The smallest absolute Gasteiger partial charge is 0.0702 e. The number of aromatic nitrogens is 2. The lowest BCUT2D eigenvalue weighted by molar-refractivity contribution is 0.592. The minimum atomic E-state index is 0.0649. The van der Waals surface area contributed by atoms with Crippen LogP contribution in [0.25, 0.3) is 54.9 Å². The van der Waals surface area contributed by atoms with Gasteiger partial charge in [0, 0.05) is 33.3 Å². The Morgan fingerprint density at radius 3 is 2.31 bits per heavy atom. The Hall–Kier alpha value is -4.17. The van der Waals surface area contributed by atoms with Crippen LogP contribution in [0.1, 0.15) is 38.8 Å². The normalized spacial score (nSPS) is 12.9. The van der Waals surface area contributed by atoms with E-state index in [1.54, 1.807) is 0 Å². The quantitative estimate of drug-likeness (QED) is 0.237. The molecule has 0 saturated heterocycles. The summed E-state index contributed by atoms with van der Waals surface area (Å²) in [6.45, 7) is 13.1. The van der Waals surface area contributed by atoms with Crippen LogP contribution in [0, 0.1) is 0 Å². The fourth-order valence-electron chi connectivity index (χ4n) is 5.23. The van der Waals surface area contributed by atoms with Crippen molar-refractivity contribution in [3.8, 4) is 11.3 Å². The number of rotatable bonds is 4. The molecule has 6 aromatic rings. The number of fused-ring (bicyclic) bond motifs is 6. The monoisotopic (exact) mass is 466 g/mol. The molecule has 6 rings (SSSR count). The van der Waals surface area contributed by atoms with Gasteiger partial charge >= 0.3 is 0 Å². The van der Waals surface area contributed by atoms with E-state index in [4.69, 9.17) is 4.98 Å². The molecule has 2 nitrogen and oxygen atoms in total. The van der Waals surface area contributed by atoms with Gasteiger partial charge in [0.05, 0.1) is 22.2 Å². The van der Waals surface area contributed by atoms with Crippen LogP contribution >= 0.6 is 0 Å². The van der Waals surface area contributed by atoms with Gasteiger partial charge in [-0.2, -0.15) is 0 Å². The fourth-order valence-corrected chi connectivity index (χ4v) is 5.23. The molecule has 0 aliphatic heterocycles. The molecule has 0 aliphatic carbocycles. The van der Waals surface area contributed by atoms with Crippen LogP contribution < -0.4 is 0 Å². The lowest BCUT2D eigenvalue weighted by Crippen LogP contribution is -2.10. The second-order valence-corrected chi connectivity index (χ2v) is 10.6. The molecule has 3 heterocycles. The molecule has 0 spiro atoms. The van der Waals surface area contributed by atoms with E-state index in [-0.39, 0.29) is 5.41 Å². The largest absolute Gasteiger partial charge is 0.308 e.